The number of rotatable bonds is 6. The molecule has 0 atom stereocenters. The molecule has 0 saturated carbocycles. The van der Waals surface area contributed by atoms with Crippen molar-refractivity contribution in [2.24, 2.45) is 0 Å². The zero-order chi connectivity index (χ0) is 16.7. The summed E-state index contributed by atoms with van der Waals surface area (Å²) in [5.74, 6) is -0.733. The zero-order valence-corrected chi connectivity index (χ0v) is 12.5. The van der Waals surface area contributed by atoms with E-state index in [4.69, 9.17) is 9.47 Å². The zero-order valence-electron chi connectivity index (χ0n) is 12.5. The van der Waals surface area contributed by atoms with Crippen molar-refractivity contribution in [3.63, 3.8) is 0 Å². The van der Waals surface area contributed by atoms with Crippen molar-refractivity contribution in [2.75, 3.05) is 13.7 Å². The number of ether oxygens (including phenoxy) is 2. The minimum Gasteiger partial charge on any atom is -0.497 e. The molecule has 118 valence electrons. The Labute approximate surface area is 133 Å². The predicted octanol–water partition coefficient (Wildman–Crippen LogP) is 3.27. The molecule has 0 heterocycles. The molecule has 0 N–H and O–H groups in total. The quantitative estimate of drug-likeness (QED) is 0.466. The summed E-state index contributed by atoms with van der Waals surface area (Å²) in [5, 5.41) is 0. The molecule has 23 heavy (non-hydrogen) atoms. The second-order valence-corrected chi connectivity index (χ2v) is 4.64. The molecule has 2 aromatic carbocycles. The highest BCUT2D eigenvalue weighted by Gasteiger charge is 2.08. The number of esters is 1. The van der Waals surface area contributed by atoms with Crippen LogP contribution in [-0.4, -0.2) is 25.5 Å². The lowest BCUT2D eigenvalue weighted by Gasteiger charge is -2.02. The minimum absolute atomic E-state index is 0.290. The molecule has 4 nitrogen and oxygen atoms in total. The summed E-state index contributed by atoms with van der Waals surface area (Å²) in [6, 6.07) is 12.2. The summed E-state index contributed by atoms with van der Waals surface area (Å²) in [4.78, 5) is 23.4. The van der Waals surface area contributed by atoms with E-state index < -0.39 is 24.2 Å². The third kappa shape index (κ3) is 5.07. The number of ketones is 1. The van der Waals surface area contributed by atoms with E-state index in [1.807, 2.05) is 0 Å². The number of carbonyl (C=O) groups excluding carboxylic acids is 2. The Hall–Kier alpha value is -2.95. The van der Waals surface area contributed by atoms with Gasteiger partial charge >= 0.3 is 5.97 Å². The molecule has 5 heteroatoms. The van der Waals surface area contributed by atoms with Crippen molar-refractivity contribution < 1.29 is 23.5 Å². The van der Waals surface area contributed by atoms with Gasteiger partial charge in [0.15, 0.2) is 12.4 Å². The van der Waals surface area contributed by atoms with Crippen LogP contribution in [0.5, 0.6) is 5.75 Å². The van der Waals surface area contributed by atoms with Crippen LogP contribution in [0.1, 0.15) is 15.9 Å². The van der Waals surface area contributed by atoms with Gasteiger partial charge in [0.1, 0.15) is 11.6 Å². The molecular weight excluding hydrogens is 299 g/mol. The standard InChI is InChI=1S/C18H15FO4/c1-22-16-9-2-13(3-10-16)4-11-18(21)23-12-17(20)14-5-7-15(19)8-6-14/h2-11H,12H2,1H3/b11-4+. The first-order valence-corrected chi connectivity index (χ1v) is 6.86. The molecule has 0 radical (unpaired) electrons. The van der Waals surface area contributed by atoms with Gasteiger partial charge < -0.3 is 9.47 Å². The van der Waals surface area contributed by atoms with Gasteiger partial charge in [-0.15, -0.1) is 0 Å². The van der Waals surface area contributed by atoms with Crippen LogP contribution in [0, 0.1) is 5.82 Å². The SMILES string of the molecule is COc1ccc(/C=C/C(=O)OCC(=O)c2ccc(F)cc2)cc1. The predicted molar refractivity (Wildman–Crippen MR) is 83.7 cm³/mol. The first-order valence-electron chi connectivity index (χ1n) is 6.86. The highest BCUT2D eigenvalue weighted by atomic mass is 19.1. The third-order valence-corrected chi connectivity index (χ3v) is 3.04. The van der Waals surface area contributed by atoms with Crippen LogP contribution < -0.4 is 4.74 Å². The van der Waals surface area contributed by atoms with Gasteiger partial charge in [0.2, 0.25) is 0 Å². The van der Waals surface area contributed by atoms with E-state index in [9.17, 15) is 14.0 Å². The number of Topliss-reactive ketones (excluding diaryl/α,β-unsaturated/α-hetero) is 1. The van der Waals surface area contributed by atoms with Gasteiger partial charge in [0, 0.05) is 11.6 Å². The lowest BCUT2D eigenvalue weighted by molar-refractivity contribution is -0.136. The van der Waals surface area contributed by atoms with E-state index in [1.54, 1.807) is 37.5 Å². The monoisotopic (exact) mass is 314 g/mol. The van der Waals surface area contributed by atoms with Gasteiger partial charge in [0.25, 0.3) is 0 Å². The Morgan fingerprint density at radius 2 is 1.70 bits per heavy atom. The number of methoxy groups -OCH3 is 1. The van der Waals surface area contributed by atoms with Crippen LogP contribution in [0.4, 0.5) is 4.39 Å². The number of benzene rings is 2. The van der Waals surface area contributed by atoms with E-state index in [2.05, 4.69) is 0 Å². The molecule has 0 amide bonds. The van der Waals surface area contributed by atoms with Crippen LogP contribution in [0.2, 0.25) is 0 Å². The Kier molecular flexibility index (Phi) is 5.63. The van der Waals surface area contributed by atoms with Crippen molar-refractivity contribution in [1.29, 1.82) is 0 Å². The lowest BCUT2D eigenvalue weighted by atomic mass is 10.1. The van der Waals surface area contributed by atoms with E-state index in [0.29, 0.717) is 5.56 Å². The molecule has 0 saturated heterocycles. The first kappa shape index (κ1) is 16.4. The van der Waals surface area contributed by atoms with Crippen LogP contribution in [0.3, 0.4) is 0 Å². The molecule has 0 aliphatic rings. The van der Waals surface area contributed by atoms with E-state index in [1.165, 1.54) is 30.3 Å². The fourth-order valence-corrected chi connectivity index (χ4v) is 1.78. The molecule has 0 aliphatic heterocycles. The van der Waals surface area contributed by atoms with Gasteiger partial charge in [-0.1, -0.05) is 12.1 Å². The van der Waals surface area contributed by atoms with Gasteiger partial charge in [-0.2, -0.15) is 0 Å². The maximum absolute atomic E-state index is 12.8. The molecule has 0 aromatic heterocycles. The maximum Gasteiger partial charge on any atom is 0.331 e. The number of halogens is 1. The summed E-state index contributed by atoms with van der Waals surface area (Å²) in [5.41, 5.74) is 1.09. The van der Waals surface area contributed by atoms with Crippen LogP contribution in [-0.2, 0) is 9.53 Å². The van der Waals surface area contributed by atoms with Gasteiger partial charge in [-0.25, -0.2) is 9.18 Å². The number of hydrogen-bond donors (Lipinski definition) is 0. The van der Waals surface area contributed by atoms with E-state index >= 15 is 0 Å². The van der Waals surface area contributed by atoms with Crippen LogP contribution >= 0.6 is 0 Å². The van der Waals surface area contributed by atoms with Crippen molar-refractivity contribution >= 4 is 17.8 Å². The maximum atomic E-state index is 12.8. The largest absolute Gasteiger partial charge is 0.497 e. The topological polar surface area (TPSA) is 52.6 Å². The molecule has 2 rings (SSSR count). The van der Waals surface area contributed by atoms with Crippen molar-refractivity contribution in [3.05, 3.63) is 71.6 Å². The van der Waals surface area contributed by atoms with Crippen LogP contribution in [0.15, 0.2) is 54.6 Å². The molecule has 0 bridgehead atoms. The van der Waals surface area contributed by atoms with Gasteiger partial charge in [0.05, 0.1) is 7.11 Å². The van der Waals surface area contributed by atoms with E-state index in [-0.39, 0.29) is 0 Å². The van der Waals surface area contributed by atoms with Crippen molar-refractivity contribution in [1.82, 2.24) is 0 Å². The van der Waals surface area contributed by atoms with Crippen molar-refractivity contribution in [3.8, 4) is 5.75 Å². The molecule has 2 aromatic rings. The Bertz CT molecular complexity index is 703. The highest BCUT2D eigenvalue weighted by molar-refractivity contribution is 5.98. The average Bonchev–Trinajstić information content (AvgIpc) is 2.59. The minimum atomic E-state index is -0.628. The number of carbonyl (C=O) groups is 2. The second-order valence-electron chi connectivity index (χ2n) is 4.64. The van der Waals surface area contributed by atoms with Gasteiger partial charge in [-0.05, 0) is 48.0 Å². The molecule has 0 spiro atoms. The normalized spacial score (nSPS) is 10.5. The van der Waals surface area contributed by atoms with E-state index in [0.717, 1.165) is 11.3 Å². The lowest BCUT2D eigenvalue weighted by Crippen LogP contribution is -2.12. The fourth-order valence-electron chi connectivity index (χ4n) is 1.78. The summed E-state index contributed by atoms with van der Waals surface area (Å²) in [6.45, 7) is -0.391. The summed E-state index contributed by atoms with van der Waals surface area (Å²) in [7, 11) is 1.57. The Balaban J connectivity index is 1.85. The Morgan fingerprint density at radius 3 is 2.30 bits per heavy atom. The van der Waals surface area contributed by atoms with Gasteiger partial charge in [-0.3, -0.25) is 4.79 Å². The van der Waals surface area contributed by atoms with Crippen LogP contribution in [0.25, 0.3) is 6.08 Å². The third-order valence-electron chi connectivity index (χ3n) is 3.04. The smallest absolute Gasteiger partial charge is 0.331 e. The molecule has 0 unspecified atom stereocenters. The summed E-state index contributed by atoms with van der Waals surface area (Å²) < 4.78 is 22.7. The summed E-state index contributed by atoms with van der Waals surface area (Å²) >= 11 is 0. The fraction of sp³-hybridized carbons (Fsp3) is 0.111. The molecule has 0 fully saturated rings. The highest BCUT2D eigenvalue weighted by Crippen LogP contribution is 2.12. The molecular formula is C18H15FO4. The van der Waals surface area contributed by atoms with Crippen molar-refractivity contribution in [2.45, 2.75) is 0 Å². The first-order chi connectivity index (χ1) is 11.1. The summed E-state index contributed by atoms with van der Waals surface area (Å²) in [6.07, 6.45) is 2.81. The molecule has 0 aliphatic carbocycles. The average molecular weight is 314 g/mol. The Morgan fingerprint density at radius 1 is 1.04 bits per heavy atom. The number of hydrogen-bond acceptors (Lipinski definition) is 4. The second kappa shape index (κ2) is 7.89.